The minimum atomic E-state index is -0.469. The Morgan fingerprint density at radius 2 is 1.95 bits per heavy atom. The molecular formula is C15H14N2O3. The molecule has 1 aromatic carbocycles. The molecule has 0 saturated heterocycles. The van der Waals surface area contributed by atoms with Gasteiger partial charge in [-0.1, -0.05) is 30.3 Å². The predicted molar refractivity (Wildman–Crippen MR) is 73.5 cm³/mol. The quantitative estimate of drug-likeness (QED) is 0.873. The third-order valence-corrected chi connectivity index (χ3v) is 3.63. The fourth-order valence-corrected chi connectivity index (χ4v) is 2.63. The Bertz CT molecular complexity index is 722. The predicted octanol–water partition coefficient (Wildman–Crippen LogP) is 1.80. The molecule has 1 amide bonds. The van der Waals surface area contributed by atoms with Gasteiger partial charge in [-0.2, -0.15) is 0 Å². The van der Waals surface area contributed by atoms with Crippen molar-refractivity contribution in [1.29, 1.82) is 0 Å². The molecule has 0 aliphatic carbocycles. The minimum absolute atomic E-state index is 0.219. The largest absolute Gasteiger partial charge is 0.494 e. The SMILES string of the molecule is C[C@@H]1c2c(cc(=O)[nH]c2O)C(=O)N1Cc1ccccc1. The van der Waals surface area contributed by atoms with E-state index in [4.69, 9.17) is 0 Å². The molecule has 20 heavy (non-hydrogen) atoms. The molecule has 2 heterocycles. The molecule has 0 unspecified atom stereocenters. The highest BCUT2D eigenvalue weighted by Gasteiger charge is 2.36. The van der Waals surface area contributed by atoms with Gasteiger partial charge in [0.15, 0.2) is 5.88 Å². The molecule has 1 atom stereocenters. The molecule has 102 valence electrons. The molecule has 0 bridgehead atoms. The van der Waals surface area contributed by atoms with E-state index in [0.717, 1.165) is 5.56 Å². The van der Waals surface area contributed by atoms with Crippen LogP contribution in [0.1, 0.15) is 34.5 Å². The fraction of sp³-hybridized carbons (Fsp3) is 0.200. The van der Waals surface area contributed by atoms with Gasteiger partial charge in [-0.3, -0.25) is 14.6 Å². The average Bonchev–Trinajstić information content (AvgIpc) is 2.65. The number of hydrogen-bond acceptors (Lipinski definition) is 3. The molecule has 2 N–H and O–H groups in total. The lowest BCUT2D eigenvalue weighted by Crippen LogP contribution is -2.26. The number of benzene rings is 1. The van der Waals surface area contributed by atoms with Gasteiger partial charge in [0.25, 0.3) is 11.5 Å². The normalized spacial score (nSPS) is 17.4. The van der Waals surface area contributed by atoms with Gasteiger partial charge in [-0.25, -0.2) is 0 Å². The summed E-state index contributed by atoms with van der Waals surface area (Å²) in [5.74, 6) is -0.443. The lowest BCUT2D eigenvalue weighted by molar-refractivity contribution is 0.0722. The van der Waals surface area contributed by atoms with Gasteiger partial charge in [0.2, 0.25) is 0 Å². The van der Waals surface area contributed by atoms with Gasteiger partial charge in [0.05, 0.1) is 11.6 Å². The second-order valence-electron chi connectivity index (χ2n) is 4.90. The number of amides is 1. The highest BCUT2D eigenvalue weighted by atomic mass is 16.3. The molecule has 1 aliphatic rings. The maximum absolute atomic E-state index is 12.4. The van der Waals surface area contributed by atoms with Crippen molar-refractivity contribution in [2.24, 2.45) is 0 Å². The average molecular weight is 270 g/mol. The van der Waals surface area contributed by atoms with E-state index in [2.05, 4.69) is 4.98 Å². The van der Waals surface area contributed by atoms with Gasteiger partial charge in [-0.05, 0) is 12.5 Å². The zero-order chi connectivity index (χ0) is 14.3. The van der Waals surface area contributed by atoms with Crippen molar-refractivity contribution in [3.63, 3.8) is 0 Å². The van der Waals surface area contributed by atoms with Crippen LogP contribution in [0.3, 0.4) is 0 Å². The summed E-state index contributed by atoms with van der Waals surface area (Å²) in [7, 11) is 0. The van der Waals surface area contributed by atoms with Crippen molar-refractivity contribution in [1.82, 2.24) is 9.88 Å². The van der Waals surface area contributed by atoms with E-state index in [1.54, 1.807) is 4.90 Å². The molecule has 0 fully saturated rings. The molecule has 1 aromatic heterocycles. The van der Waals surface area contributed by atoms with Gasteiger partial charge in [-0.15, -0.1) is 0 Å². The number of rotatable bonds is 2. The van der Waals surface area contributed by atoms with Crippen LogP contribution < -0.4 is 5.56 Å². The standard InChI is InChI=1S/C15H14N2O3/c1-9-13-11(7-12(18)16-14(13)19)15(20)17(9)8-10-5-3-2-4-6-10/h2-7,9H,8H2,1H3,(H2,16,18,19)/t9-/m1/s1. The number of pyridine rings is 1. The minimum Gasteiger partial charge on any atom is -0.494 e. The van der Waals surface area contributed by atoms with Gasteiger partial charge in [0, 0.05) is 18.2 Å². The van der Waals surface area contributed by atoms with E-state index >= 15 is 0 Å². The van der Waals surface area contributed by atoms with Crippen LogP contribution in [0.4, 0.5) is 0 Å². The Kier molecular flexibility index (Phi) is 2.82. The second kappa shape index (κ2) is 4.52. The molecule has 0 saturated carbocycles. The highest BCUT2D eigenvalue weighted by molar-refractivity contribution is 5.99. The fourth-order valence-electron chi connectivity index (χ4n) is 2.63. The molecule has 0 spiro atoms. The number of nitrogens with zero attached hydrogens (tertiary/aromatic N) is 1. The van der Waals surface area contributed by atoms with Crippen LogP contribution in [-0.4, -0.2) is 20.9 Å². The Hall–Kier alpha value is -2.56. The van der Waals surface area contributed by atoms with Crippen LogP contribution in [0, 0.1) is 0 Å². The Morgan fingerprint density at radius 1 is 1.25 bits per heavy atom. The summed E-state index contributed by atoms with van der Waals surface area (Å²) in [5.41, 5.74) is 1.31. The van der Waals surface area contributed by atoms with Gasteiger partial charge >= 0.3 is 0 Å². The van der Waals surface area contributed by atoms with E-state index in [-0.39, 0.29) is 23.4 Å². The van der Waals surface area contributed by atoms with Crippen molar-refractivity contribution >= 4 is 5.91 Å². The molecule has 1 aliphatic heterocycles. The van der Waals surface area contributed by atoms with Crippen molar-refractivity contribution in [3.8, 4) is 5.88 Å². The number of fused-ring (bicyclic) bond motifs is 1. The van der Waals surface area contributed by atoms with E-state index < -0.39 is 5.56 Å². The van der Waals surface area contributed by atoms with Crippen molar-refractivity contribution in [2.45, 2.75) is 19.5 Å². The second-order valence-corrected chi connectivity index (χ2v) is 4.90. The van der Waals surface area contributed by atoms with Crippen molar-refractivity contribution in [3.05, 3.63) is 63.4 Å². The van der Waals surface area contributed by atoms with Crippen LogP contribution in [-0.2, 0) is 6.54 Å². The van der Waals surface area contributed by atoms with Crippen LogP contribution in [0.5, 0.6) is 5.88 Å². The first-order chi connectivity index (χ1) is 9.58. The Morgan fingerprint density at radius 3 is 2.65 bits per heavy atom. The van der Waals surface area contributed by atoms with E-state index in [0.29, 0.717) is 12.1 Å². The summed E-state index contributed by atoms with van der Waals surface area (Å²) in [4.78, 5) is 27.7. The number of aromatic nitrogens is 1. The summed E-state index contributed by atoms with van der Waals surface area (Å²) in [6, 6.07) is 10.6. The zero-order valence-electron chi connectivity index (χ0n) is 11.0. The van der Waals surface area contributed by atoms with Crippen molar-refractivity contribution in [2.75, 3.05) is 0 Å². The first kappa shape index (κ1) is 12.5. The number of aromatic amines is 1. The zero-order valence-corrected chi connectivity index (χ0v) is 11.0. The van der Waals surface area contributed by atoms with Crippen LogP contribution in [0.25, 0.3) is 0 Å². The summed E-state index contributed by atoms with van der Waals surface area (Å²) < 4.78 is 0. The Balaban J connectivity index is 1.99. The monoisotopic (exact) mass is 270 g/mol. The highest BCUT2D eigenvalue weighted by Crippen LogP contribution is 2.37. The van der Waals surface area contributed by atoms with E-state index in [1.807, 2.05) is 37.3 Å². The molecule has 3 rings (SSSR count). The smallest absolute Gasteiger partial charge is 0.255 e. The summed E-state index contributed by atoms with van der Waals surface area (Å²) in [6.07, 6.45) is 0. The third kappa shape index (κ3) is 1.87. The van der Waals surface area contributed by atoms with Gasteiger partial charge in [0.1, 0.15) is 0 Å². The van der Waals surface area contributed by atoms with E-state index in [1.165, 1.54) is 6.07 Å². The number of nitrogens with one attached hydrogen (secondary N) is 1. The van der Waals surface area contributed by atoms with Crippen LogP contribution in [0.15, 0.2) is 41.2 Å². The summed E-state index contributed by atoms with van der Waals surface area (Å²) in [5, 5.41) is 9.85. The lowest BCUT2D eigenvalue weighted by Gasteiger charge is -2.22. The lowest BCUT2D eigenvalue weighted by atomic mass is 10.1. The third-order valence-electron chi connectivity index (χ3n) is 3.63. The first-order valence-electron chi connectivity index (χ1n) is 6.39. The number of hydrogen-bond donors (Lipinski definition) is 2. The number of H-pyrrole nitrogens is 1. The topological polar surface area (TPSA) is 73.4 Å². The number of carbonyl (C=O) groups is 1. The summed E-state index contributed by atoms with van der Waals surface area (Å²) in [6.45, 7) is 2.29. The first-order valence-corrected chi connectivity index (χ1v) is 6.39. The van der Waals surface area contributed by atoms with Crippen LogP contribution >= 0.6 is 0 Å². The van der Waals surface area contributed by atoms with Crippen molar-refractivity contribution < 1.29 is 9.90 Å². The molecule has 2 aromatic rings. The van der Waals surface area contributed by atoms with Crippen LogP contribution in [0.2, 0.25) is 0 Å². The Labute approximate surface area is 115 Å². The number of carbonyl (C=O) groups excluding carboxylic acids is 1. The van der Waals surface area contributed by atoms with Gasteiger partial charge < -0.3 is 10.0 Å². The maximum Gasteiger partial charge on any atom is 0.255 e. The molecule has 0 radical (unpaired) electrons. The molecule has 5 heteroatoms. The molecular weight excluding hydrogens is 256 g/mol. The summed E-state index contributed by atoms with van der Waals surface area (Å²) >= 11 is 0. The molecule has 5 nitrogen and oxygen atoms in total. The van der Waals surface area contributed by atoms with E-state index in [9.17, 15) is 14.7 Å². The number of aromatic hydroxyl groups is 1. The maximum atomic E-state index is 12.4.